The highest BCUT2D eigenvalue weighted by Gasteiger charge is 2.28. The van der Waals surface area contributed by atoms with Crippen molar-refractivity contribution in [1.29, 1.82) is 0 Å². The molecule has 2 heterocycles. The second-order valence-electron chi connectivity index (χ2n) is 5.88. The molecule has 0 saturated carbocycles. The molecule has 0 spiro atoms. The average Bonchev–Trinajstić information content (AvgIpc) is 2.60. The van der Waals surface area contributed by atoms with E-state index in [0.29, 0.717) is 6.07 Å². The van der Waals surface area contributed by atoms with Crippen LogP contribution in [-0.2, 0) is 13.1 Å². The van der Waals surface area contributed by atoms with Crippen molar-refractivity contribution in [2.75, 3.05) is 7.05 Å². The lowest BCUT2D eigenvalue weighted by molar-refractivity contribution is 0.0619. The van der Waals surface area contributed by atoms with E-state index in [2.05, 4.69) is 5.43 Å². The Morgan fingerprint density at radius 2 is 2.04 bits per heavy atom. The third-order valence-corrected chi connectivity index (χ3v) is 4.18. The standard InChI is InChI=1S/C17H15F2N3O4/c1-21-17(26)14-16(25)15(24)11(7-22(14)8-20-21)13(23)5-3-9-2-4-10(18)6-12(9)19/h2,4,6-7,20,25H,3,5,8H2,1H3. The number of nitrogens with zero attached hydrogens (tertiary/aromatic N) is 2. The lowest BCUT2D eigenvalue weighted by atomic mass is 10.0. The van der Waals surface area contributed by atoms with Crippen LogP contribution in [0.5, 0.6) is 5.75 Å². The number of amides is 1. The summed E-state index contributed by atoms with van der Waals surface area (Å²) in [6.07, 6.45) is 0.948. The van der Waals surface area contributed by atoms with Gasteiger partial charge in [-0.3, -0.25) is 19.4 Å². The van der Waals surface area contributed by atoms with Crippen molar-refractivity contribution in [3.05, 3.63) is 63.1 Å². The maximum absolute atomic E-state index is 13.6. The Bertz CT molecular complexity index is 971. The molecule has 3 rings (SSSR count). The molecule has 2 aromatic rings. The van der Waals surface area contributed by atoms with E-state index in [1.54, 1.807) is 0 Å². The number of hydrogen-bond acceptors (Lipinski definition) is 5. The van der Waals surface area contributed by atoms with Crippen LogP contribution in [0.4, 0.5) is 8.78 Å². The molecule has 0 fully saturated rings. The summed E-state index contributed by atoms with van der Waals surface area (Å²) in [6, 6.07) is 3.02. The first-order valence-electron chi connectivity index (χ1n) is 7.74. The summed E-state index contributed by atoms with van der Waals surface area (Å²) in [5.41, 5.74) is 1.38. The van der Waals surface area contributed by atoms with Crippen molar-refractivity contribution in [1.82, 2.24) is 15.0 Å². The van der Waals surface area contributed by atoms with E-state index in [1.807, 2.05) is 0 Å². The fourth-order valence-electron chi connectivity index (χ4n) is 2.72. The minimum atomic E-state index is -0.954. The van der Waals surface area contributed by atoms with Crippen LogP contribution in [0.1, 0.15) is 32.8 Å². The monoisotopic (exact) mass is 363 g/mol. The summed E-state index contributed by atoms with van der Waals surface area (Å²) in [4.78, 5) is 36.7. The second-order valence-corrected chi connectivity index (χ2v) is 5.88. The number of halogens is 2. The number of Topliss-reactive ketones (excluding diaryl/α,β-unsaturated/α-hetero) is 1. The van der Waals surface area contributed by atoms with Gasteiger partial charge in [0.1, 0.15) is 11.6 Å². The zero-order chi connectivity index (χ0) is 19.0. The van der Waals surface area contributed by atoms with Crippen LogP contribution in [0.25, 0.3) is 0 Å². The van der Waals surface area contributed by atoms with Crippen molar-refractivity contribution in [3.63, 3.8) is 0 Å². The van der Waals surface area contributed by atoms with E-state index in [0.717, 1.165) is 11.1 Å². The van der Waals surface area contributed by atoms with Crippen LogP contribution in [0.15, 0.2) is 29.2 Å². The summed E-state index contributed by atoms with van der Waals surface area (Å²) in [7, 11) is 1.44. The van der Waals surface area contributed by atoms with Crippen molar-refractivity contribution < 1.29 is 23.5 Å². The van der Waals surface area contributed by atoms with Gasteiger partial charge in [0, 0.05) is 25.7 Å². The van der Waals surface area contributed by atoms with Gasteiger partial charge in [0.15, 0.2) is 17.2 Å². The van der Waals surface area contributed by atoms with Crippen molar-refractivity contribution in [2.45, 2.75) is 19.5 Å². The molecule has 0 aliphatic carbocycles. The van der Waals surface area contributed by atoms with Crippen LogP contribution in [0.3, 0.4) is 0 Å². The number of rotatable bonds is 4. The van der Waals surface area contributed by atoms with Crippen LogP contribution in [-0.4, -0.2) is 33.4 Å². The first-order chi connectivity index (χ1) is 12.3. The number of pyridine rings is 1. The van der Waals surface area contributed by atoms with Crippen molar-refractivity contribution >= 4 is 11.7 Å². The van der Waals surface area contributed by atoms with Crippen molar-refractivity contribution in [3.8, 4) is 5.75 Å². The molecule has 0 atom stereocenters. The fourth-order valence-corrected chi connectivity index (χ4v) is 2.72. The SMILES string of the molecule is CN1NCn2cc(C(=O)CCc3ccc(F)cc3F)c(=O)c(O)c2C1=O. The molecule has 1 aromatic carbocycles. The molecular formula is C17H15F2N3O4. The number of carbonyl (C=O) groups is 2. The van der Waals surface area contributed by atoms with Gasteiger partial charge in [-0.15, -0.1) is 0 Å². The molecule has 2 N–H and O–H groups in total. The maximum Gasteiger partial charge on any atom is 0.288 e. The second kappa shape index (κ2) is 6.68. The Kier molecular flexibility index (Phi) is 4.56. The number of carbonyl (C=O) groups excluding carboxylic acids is 2. The first-order valence-corrected chi connectivity index (χ1v) is 7.74. The minimum Gasteiger partial charge on any atom is -0.503 e. The number of ketones is 1. The van der Waals surface area contributed by atoms with Gasteiger partial charge < -0.3 is 9.67 Å². The number of aryl methyl sites for hydroxylation is 1. The highest BCUT2D eigenvalue weighted by molar-refractivity contribution is 5.99. The Balaban J connectivity index is 1.87. The summed E-state index contributed by atoms with van der Waals surface area (Å²) in [5.74, 6) is -3.53. The smallest absolute Gasteiger partial charge is 0.288 e. The summed E-state index contributed by atoms with van der Waals surface area (Å²) in [6.45, 7) is 0.0816. The minimum absolute atomic E-state index is 0.0349. The molecule has 1 amide bonds. The number of hydrogen-bond donors (Lipinski definition) is 2. The van der Waals surface area contributed by atoms with Gasteiger partial charge in [-0.2, -0.15) is 0 Å². The van der Waals surface area contributed by atoms with E-state index in [1.165, 1.54) is 23.9 Å². The van der Waals surface area contributed by atoms with E-state index in [4.69, 9.17) is 0 Å². The van der Waals surface area contributed by atoms with Crippen LogP contribution in [0, 0.1) is 11.6 Å². The van der Waals surface area contributed by atoms with Crippen molar-refractivity contribution in [2.24, 2.45) is 0 Å². The third-order valence-electron chi connectivity index (χ3n) is 4.18. The molecule has 1 aliphatic rings. The third kappa shape index (κ3) is 3.08. The van der Waals surface area contributed by atoms with Crippen LogP contribution in [0.2, 0.25) is 0 Å². The normalized spacial score (nSPS) is 13.7. The zero-order valence-corrected chi connectivity index (χ0v) is 13.8. The molecule has 0 saturated heterocycles. The fraction of sp³-hybridized carbons (Fsp3) is 0.235. The van der Waals surface area contributed by atoms with Gasteiger partial charge >= 0.3 is 0 Å². The highest BCUT2D eigenvalue weighted by Crippen LogP contribution is 2.19. The lowest BCUT2D eigenvalue weighted by Crippen LogP contribution is -2.47. The topological polar surface area (TPSA) is 91.6 Å². The number of nitrogens with one attached hydrogen (secondary N) is 1. The Labute approximate surface area is 146 Å². The van der Waals surface area contributed by atoms with E-state index < -0.39 is 34.5 Å². The van der Waals surface area contributed by atoms with Crippen LogP contribution < -0.4 is 10.9 Å². The largest absolute Gasteiger partial charge is 0.503 e. The molecule has 0 bridgehead atoms. The summed E-state index contributed by atoms with van der Waals surface area (Å²) >= 11 is 0. The Hall–Kier alpha value is -3.07. The van der Waals surface area contributed by atoms with Crippen LogP contribution >= 0.6 is 0 Å². The van der Waals surface area contributed by atoms with Gasteiger partial charge in [-0.1, -0.05) is 6.07 Å². The molecule has 136 valence electrons. The molecule has 0 radical (unpaired) electrons. The molecular weight excluding hydrogens is 348 g/mol. The molecule has 9 heteroatoms. The predicted molar refractivity (Wildman–Crippen MR) is 86.6 cm³/mol. The number of aromatic hydroxyl groups is 1. The lowest BCUT2D eigenvalue weighted by Gasteiger charge is -2.28. The van der Waals surface area contributed by atoms with Gasteiger partial charge in [-0.25, -0.2) is 14.2 Å². The quantitative estimate of drug-likeness (QED) is 0.797. The van der Waals surface area contributed by atoms with E-state index >= 15 is 0 Å². The summed E-state index contributed by atoms with van der Waals surface area (Å²) in [5, 5.41) is 11.2. The first kappa shape index (κ1) is 17.7. The van der Waals surface area contributed by atoms with Gasteiger partial charge in [-0.05, 0) is 18.1 Å². The van der Waals surface area contributed by atoms with E-state index in [-0.39, 0.29) is 36.3 Å². The van der Waals surface area contributed by atoms with E-state index in [9.17, 15) is 28.3 Å². The molecule has 0 unspecified atom stereocenters. The highest BCUT2D eigenvalue weighted by atomic mass is 19.1. The Morgan fingerprint density at radius 3 is 2.73 bits per heavy atom. The molecule has 26 heavy (non-hydrogen) atoms. The molecule has 1 aromatic heterocycles. The number of hydrazine groups is 1. The number of aromatic nitrogens is 1. The maximum atomic E-state index is 13.6. The number of benzene rings is 1. The molecule has 1 aliphatic heterocycles. The number of fused-ring (bicyclic) bond motifs is 1. The predicted octanol–water partition coefficient (Wildman–Crippen LogP) is 1.20. The van der Waals surface area contributed by atoms with Gasteiger partial charge in [0.05, 0.1) is 12.2 Å². The summed E-state index contributed by atoms with van der Waals surface area (Å²) < 4.78 is 27.8. The van der Waals surface area contributed by atoms with Gasteiger partial charge in [0.2, 0.25) is 5.43 Å². The average molecular weight is 363 g/mol. The zero-order valence-electron chi connectivity index (χ0n) is 13.8. The van der Waals surface area contributed by atoms with Gasteiger partial charge in [0.25, 0.3) is 5.91 Å². The Morgan fingerprint density at radius 1 is 1.31 bits per heavy atom. The molecule has 7 nitrogen and oxygen atoms in total.